The van der Waals surface area contributed by atoms with Crippen LogP contribution in [0.2, 0.25) is 0 Å². The highest BCUT2D eigenvalue weighted by Gasteiger charge is 2.16. The molecule has 0 aliphatic rings. The summed E-state index contributed by atoms with van der Waals surface area (Å²) in [7, 11) is 1.99. The Morgan fingerprint density at radius 2 is 1.90 bits per heavy atom. The van der Waals surface area contributed by atoms with Crippen LogP contribution in [0, 0.1) is 0 Å². The standard InChI is InChI=1S/C16H15BrN2S/c1-18-14(10-11-6-2-3-7-12(11)17)16-19-13-8-4-5-9-15(13)20-16/h2-9,14,18H,10H2,1H3. The minimum absolute atomic E-state index is 0.242. The van der Waals surface area contributed by atoms with Gasteiger partial charge in [0.2, 0.25) is 0 Å². The fraction of sp³-hybridized carbons (Fsp3) is 0.188. The third-order valence-electron chi connectivity index (χ3n) is 3.34. The van der Waals surface area contributed by atoms with Crippen molar-refractivity contribution in [3.8, 4) is 0 Å². The van der Waals surface area contributed by atoms with Gasteiger partial charge in [-0.1, -0.05) is 46.3 Å². The second-order valence-corrected chi connectivity index (χ2v) is 6.57. The number of nitrogens with zero attached hydrogens (tertiary/aromatic N) is 1. The molecule has 0 fully saturated rings. The normalized spacial score (nSPS) is 12.7. The highest BCUT2D eigenvalue weighted by atomic mass is 79.9. The predicted molar refractivity (Wildman–Crippen MR) is 89.3 cm³/mol. The van der Waals surface area contributed by atoms with Crippen LogP contribution in [0.25, 0.3) is 10.2 Å². The lowest BCUT2D eigenvalue weighted by Gasteiger charge is -2.14. The van der Waals surface area contributed by atoms with E-state index in [0.717, 1.165) is 21.4 Å². The van der Waals surface area contributed by atoms with Crippen molar-refractivity contribution < 1.29 is 0 Å². The van der Waals surface area contributed by atoms with Gasteiger partial charge in [0.25, 0.3) is 0 Å². The molecule has 0 spiro atoms. The maximum atomic E-state index is 4.75. The highest BCUT2D eigenvalue weighted by Crippen LogP contribution is 2.29. The first-order valence-electron chi connectivity index (χ1n) is 6.54. The summed E-state index contributed by atoms with van der Waals surface area (Å²) in [4.78, 5) is 4.75. The van der Waals surface area contributed by atoms with Gasteiger partial charge in [-0.25, -0.2) is 4.98 Å². The molecule has 0 saturated carbocycles. The summed E-state index contributed by atoms with van der Waals surface area (Å²) < 4.78 is 2.40. The van der Waals surface area contributed by atoms with Crippen molar-refractivity contribution in [2.45, 2.75) is 12.5 Å². The van der Waals surface area contributed by atoms with Gasteiger partial charge in [0.15, 0.2) is 0 Å². The van der Waals surface area contributed by atoms with Crippen molar-refractivity contribution >= 4 is 37.5 Å². The van der Waals surface area contributed by atoms with Gasteiger partial charge in [0.1, 0.15) is 5.01 Å². The lowest BCUT2D eigenvalue weighted by molar-refractivity contribution is 0.588. The SMILES string of the molecule is CNC(Cc1ccccc1Br)c1nc2ccccc2s1. The van der Waals surface area contributed by atoms with E-state index in [4.69, 9.17) is 4.98 Å². The molecule has 0 saturated heterocycles. The Morgan fingerprint density at radius 1 is 1.15 bits per heavy atom. The van der Waals surface area contributed by atoms with Crippen molar-refractivity contribution in [2.24, 2.45) is 0 Å². The minimum atomic E-state index is 0.242. The van der Waals surface area contributed by atoms with Gasteiger partial charge in [-0.3, -0.25) is 0 Å². The maximum Gasteiger partial charge on any atom is 0.111 e. The number of hydrogen-bond donors (Lipinski definition) is 1. The lowest BCUT2D eigenvalue weighted by Crippen LogP contribution is -2.18. The molecule has 1 unspecified atom stereocenters. The molecule has 102 valence electrons. The molecule has 0 aliphatic heterocycles. The quantitative estimate of drug-likeness (QED) is 0.748. The summed E-state index contributed by atoms with van der Waals surface area (Å²) in [6.07, 6.45) is 0.928. The monoisotopic (exact) mass is 346 g/mol. The molecule has 2 aromatic carbocycles. The summed E-state index contributed by atoms with van der Waals surface area (Å²) in [6.45, 7) is 0. The molecule has 0 bridgehead atoms. The molecule has 1 aromatic heterocycles. The van der Waals surface area contributed by atoms with Crippen LogP contribution in [0.5, 0.6) is 0 Å². The second-order valence-electron chi connectivity index (χ2n) is 4.66. The van der Waals surface area contributed by atoms with Gasteiger partial charge in [-0.05, 0) is 37.2 Å². The zero-order valence-electron chi connectivity index (χ0n) is 11.1. The molecule has 1 atom stereocenters. The molecular weight excluding hydrogens is 332 g/mol. The number of nitrogens with one attached hydrogen (secondary N) is 1. The van der Waals surface area contributed by atoms with Crippen molar-refractivity contribution in [3.05, 3.63) is 63.6 Å². The molecule has 3 aromatic rings. The van der Waals surface area contributed by atoms with E-state index in [1.54, 1.807) is 11.3 Å². The van der Waals surface area contributed by atoms with E-state index in [9.17, 15) is 0 Å². The van der Waals surface area contributed by atoms with E-state index in [0.29, 0.717) is 0 Å². The number of benzene rings is 2. The van der Waals surface area contributed by atoms with E-state index in [1.807, 2.05) is 19.2 Å². The zero-order valence-corrected chi connectivity index (χ0v) is 13.5. The van der Waals surface area contributed by atoms with E-state index >= 15 is 0 Å². The third kappa shape index (κ3) is 2.77. The van der Waals surface area contributed by atoms with Crippen LogP contribution >= 0.6 is 27.3 Å². The fourth-order valence-electron chi connectivity index (χ4n) is 2.24. The summed E-state index contributed by atoms with van der Waals surface area (Å²) in [5.74, 6) is 0. The molecule has 1 N–H and O–H groups in total. The first-order chi connectivity index (χ1) is 9.78. The minimum Gasteiger partial charge on any atom is -0.311 e. The predicted octanol–water partition coefficient (Wildman–Crippen LogP) is 4.56. The maximum absolute atomic E-state index is 4.75. The van der Waals surface area contributed by atoms with Crippen LogP contribution < -0.4 is 5.32 Å². The number of likely N-dealkylation sites (N-methyl/N-ethyl adjacent to an activating group) is 1. The van der Waals surface area contributed by atoms with Crippen LogP contribution in [0.15, 0.2) is 53.0 Å². The van der Waals surface area contributed by atoms with E-state index in [1.165, 1.54) is 10.3 Å². The van der Waals surface area contributed by atoms with Crippen LogP contribution in [-0.2, 0) is 6.42 Å². The molecular formula is C16H15BrN2S. The molecule has 1 heterocycles. The number of fused-ring (bicyclic) bond motifs is 1. The molecule has 0 radical (unpaired) electrons. The summed E-state index contributed by atoms with van der Waals surface area (Å²) in [5, 5.41) is 4.53. The number of para-hydroxylation sites is 1. The molecule has 4 heteroatoms. The summed E-state index contributed by atoms with van der Waals surface area (Å²) >= 11 is 5.38. The number of thiazole rings is 1. The van der Waals surface area contributed by atoms with E-state index < -0.39 is 0 Å². The van der Waals surface area contributed by atoms with Gasteiger partial charge in [-0.15, -0.1) is 11.3 Å². The molecule has 0 aliphatic carbocycles. The second kappa shape index (κ2) is 6.04. The van der Waals surface area contributed by atoms with Crippen molar-refractivity contribution in [3.63, 3.8) is 0 Å². The Morgan fingerprint density at radius 3 is 2.65 bits per heavy atom. The average Bonchev–Trinajstić information content (AvgIpc) is 2.90. The molecule has 3 rings (SSSR count). The van der Waals surface area contributed by atoms with Crippen molar-refractivity contribution in [1.29, 1.82) is 0 Å². The molecule has 20 heavy (non-hydrogen) atoms. The van der Waals surface area contributed by atoms with Crippen LogP contribution in [-0.4, -0.2) is 12.0 Å². The first kappa shape index (κ1) is 13.7. The lowest BCUT2D eigenvalue weighted by atomic mass is 10.1. The smallest absolute Gasteiger partial charge is 0.111 e. The van der Waals surface area contributed by atoms with Gasteiger partial charge in [-0.2, -0.15) is 0 Å². The van der Waals surface area contributed by atoms with Crippen LogP contribution in [0.3, 0.4) is 0 Å². The van der Waals surface area contributed by atoms with Crippen LogP contribution in [0.4, 0.5) is 0 Å². The summed E-state index contributed by atoms with van der Waals surface area (Å²) in [6, 6.07) is 16.9. The largest absolute Gasteiger partial charge is 0.311 e. The van der Waals surface area contributed by atoms with Gasteiger partial charge < -0.3 is 5.32 Å². The highest BCUT2D eigenvalue weighted by molar-refractivity contribution is 9.10. The first-order valence-corrected chi connectivity index (χ1v) is 8.15. The Bertz CT molecular complexity index is 690. The Hall–Kier alpha value is -1.23. The Balaban J connectivity index is 1.91. The summed E-state index contributed by atoms with van der Waals surface area (Å²) in [5.41, 5.74) is 2.38. The Kier molecular flexibility index (Phi) is 4.15. The van der Waals surface area contributed by atoms with Crippen LogP contribution in [0.1, 0.15) is 16.6 Å². The number of halogens is 1. The fourth-order valence-corrected chi connectivity index (χ4v) is 3.76. The van der Waals surface area contributed by atoms with Gasteiger partial charge in [0.05, 0.1) is 16.3 Å². The zero-order chi connectivity index (χ0) is 13.9. The topological polar surface area (TPSA) is 24.9 Å². The average molecular weight is 347 g/mol. The van der Waals surface area contributed by atoms with Gasteiger partial charge >= 0.3 is 0 Å². The third-order valence-corrected chi connectivity index (χ3v) is 5.26. The number of rotatable bonds is 4. The molecule has 0 amide bonds. The Labute approximate surface area is 131 Å². The molecule has 2 nitrogen and oxygen atoms in total. The van der Waals surface area contributed by atoms with Crippen molar-refractivity contribution in [2.75, 3.05) is 7.05 Å². The number of aromatic nitrogens is 1. The van der Waals surface area contributed by atoms with E-state index in [-0.39, 0.29) is 6.04 Å². The van der Waals surface area contributed by atoms with Gasteiger partial charge in [0, 0.05) is 4.47 Å². The number of hydrogen-bond acceptors (Lipinski definition) is 3. The van der Waals surface area contributed by atoms with E-state index in [2.05, 4.69) is 57.6 Å². The van der Waals surface area contributed by atoms with Crippen molar-refractivity contribution in [1.82, 2.24) is 10.3 Å².